The maximum Gasteiger partial charge on any atom is 0.0899 e. The van der Waals surface area contributed by atoms with Crippen LogP contribution >= 0.6 is 0 Å². The summed E-state index contributed by atoms with van der Waals surface area (Å²) in [7, 11) is 0. The second-order valence-electron chi connectivity index (χ2n) is 10.4. The molecule has 5 rings (SSSR count). The predicted molar refractivity (Wildman–Crippen MR) is 111 cm³/mol. The molecule has 4 aliphatic carbocycles. The molecule has 0 bridgehead atoms. The number of benzene rings is 1. The van der Waals surface area contributed by atoms with Crippen molar-refractivity contribution in [2.75, 3.05) is 0 Å². The Morgan fingerprint density at radius 2 is 1.70 bits per heavy atom. The molecule has 0 radical (unpaired) electrons. The van der Waals surface area contributed by atoms with Crippen LogP contribution < -0.4 is 0 Å². The second-order valence-corrected chi connectivity index (χ2v) is 10.4. The van der Waals surface area contributed by atoms with E-state index in [9.17, 15) is 5.11 Å². The molecule has 1 aromatic carbocycles. The summed E-state index contributed by atoms with van der Waals surface area (Å²) in [4.78, 5) is 0. The molecule has 0 spiro atoms. The van der Waals surface area contributed by atoms with Gasteiger partial charge in [0, 0.05) is 0 Å². The van der Waals surface area contributed by atoms with Crippen LogP contribution in [0.2, 0.25) is 0 Å². The van der Waals surface area contributed by atoms with Crippen LogP contribution in [0.15, 0.2) is 42.0 Å². The molecule has 0 aliphatic heterocycles. The summed E-state index contributed by atoms with van der Waals surface area (Å²) in [5, 5.41) is 11.4. The van der Waals surface area contributed by atoms with Gasteiger partial charge in [-0.1, -0.05) is 48.9 Å². The smallest absolute Gasteiger partial charge is 0.0899 e. The maximum atomic E-state index is 11.4. The highest BCUT2D eigenvalue weighted by Crippen LogP contribution is 2.64. The van der Waals surface area contributed by atoms with E-state index < -0.39 is 5.60 Å². The van der Waals surface area contributed by atoms with Gasteiger partial charge in [0.25, 0.3) is 0 Å². The highest BCUT2D eigenvalue weighted by molar-refractivity contribution is 5.25. The molecule has 27 heavy (non-hydrogen) atoms. The van der Waals surface area contributed by atoms with Crippen molar-refractivity contribution in [3.8, 4) is 0 Å². The topological polar surface area (TPSA) is 20.2 Å². The standard InChI is InChI=1S/C26H36O/c1-3-19-10-12-24-23-11-9-18-17-26(27,20-7-5-4-6-8-20)16-14-21(18)22(23)13-15-25(19,24)2/h3-8,18,21-24,27H,9-17H2,1-2H3/t18-,21-,22+,23+,24-,25+,26-/m0/s1. The van der Waals surface area contributed by atoms with E-state index in [0.29, 0.717) is 5.41 Å². The average molecular weight is 365 g/mol. The van der Waals surface area contributed by atoms with Gasteiger partial charge in [0.1, 0.15) is 0 Å². The van der Waals surface area contributed by atoms with Crippen molar-refractivity contribution < 1.29 is 5.11 Å². The van der Waals surface area contributed by atoms with Crippen LogP contribution in [0, 0.1) is 35.0 Å². The zero-order valence-electron chi connectivity index (χ0n) is 17.2. The zero-order chi connectivity index (χ0) is 18.6. The molecule has 4 aliphatic rings. The van der Waals surface area contributed by atoms with Crippen LogP contribution in [0.3, 0.4) is 0 Å². The summed E-state index contributed by atoms with van der Waals surface area (Å²) in [5.41, 5.74) is 2.83. The van der Waals surface area contributed by atoms with Crippen molar-refractivity contribution in [2.24, 2.45) is 35.0 Å². The van der Waals surface area contributed by atoms with Crippen LogP contribution in [0.1, 0.15) is 77.2 Å². The first kappa shape index (κ1) is 18.0. The molecule has 1 nitrogen and oxygen atoms in total. The number of hydrogen-bond donors (Lipinski definition) is 1. The van der Waals surface area contributed by atoms with Gasteiger partial charge in [-0.05, 0) is 105 Å². The third-order valence-corrected chi connectivity index (χ3v) is 9.52. The largest absolute Gasteiger partial charge is 0.385 e. The Bertz CT molecular complexity index is 721. The molecule has 1 aromatic rings. The Labute approximate surface area is 165 Å². The van der Waals surface area contributed by atoms with E-state index in [1.54, 1.807) is 5.57 Å². The van der Waals surface area contributed by atoms with Crippen LogP contribution in [0.25, 0.3) is 0 Å². The van der Waals surface area contributed by atoms with E-state index in [2.05, 4.69) is 50.3 Å². The summed E-state index contributed by atoms with van der Waals surface area (Å²) >= 11 is 0. The number of allylic oxidation sites excluding steroid dienone is 2. The van der Waals surface area contributed by atoms with Gasteiger partial charge in [-0.15, -0.1) is 0 Å². The van der Waals surface area contributed by atoms with Gasteiger partial charge in [0.2, 0.25) is 0 Å². The molecular formula is C26H36O. The molecule has 0 heterocycles. The first-order chi connectivity index (χ1) is 13.0. The second kappa shape index (κ2) is 6.48. The fraction of sp³-hybridized carbons (Fsp3) is 0.692. The van der Waals surface area contributed by atoms with Crippen molar-refractivity contribution in [1.29, 1.82) is 0 Å². The Kier molecular flexibility index (Phi) is 4.31. The lowest BCUT2D eigenvalue weighted by molar-refractivity contribution is -0.100. The van der Waals surface area contributed by atoms with Crippen molar-refractivity contribution in [1.82, 2.24) is 0 Å². The van der Waals surface area contributed by atoms with E-state index in [4.69, 9.17) is 0 Å². The quantitative estimate of drug-likeness (QED) is 0.566. The first-order valence-corrected chi connectivity index (χ1v) is 11.5. The molecular weight excluding hydrogens is 328 g/mol. The monoisotopic (exact) mass is 364 g/mol. The van der Waals surface area contributed by atoms with Crippen LogP contribution in [0.5, 0.6) is 0 Å². The molecule has 4 fully saturated rings. The lowest BCUT2D eigenvalue weighted by Crippen LogP contribution is -2.49. The molecule has 0 saturated heterocycles. The highest BCUT2D eigenvalue weighted by atomic mass is 16.3. The molecule has 0 unspecified atom stereocenters. The third-order valence-electron chi connectivity index (χ3n) is 9.52. The molecule has 146 valence electrons. The van der Waals surface area contributed by atoms with Crippen molar-refractivity contribution in [3.05, 3.63) is 47.5 Å². The van der Waals surface area contributed by atoms with Gasteiger partial charge in [0.15, 0.2) is 0 Å². The van der Waals surface area contributed by atoms with Crippen molar-refractivity contribution in [2.45, 2.75) is 77.2 Å². The third kappa shape index (κ3) is 2.68. The number of fused-ring (bicyclic) bond motifs is 5. The normalized spacial score (nSPS) is 48.0. The number of hydrogen-bond acceptors (Lipinski definition) is 1. The predicted octanol–water partition coefficient (Wildman–Crippen LogP) is 6.47. The minimum atomic E-state index is -0.579. The summed E-state index contributed by atoms with van der Waals surface area (Å²) in [6.07, 6.45) is 14.0. The van der Waals surface area contributed by atoms with Gasteiger partial charge >= 0.3 is 0 Å². The lowest BCUT2D eigenvalue weighted by Gasteiger charge is -2.56. The van der Waals surface area contributed by atoms with Crippen LogP contribution in [-0.4, -0.2) is 5.11 Å². The fourth-order valence-electron chi connectivity index (χ4n) is 8.21. The van der Waals surface area contributed by atoms with E-state index in [-0.39, 0.29) is 0 Å². The molecule has 4 saturated carbocycles. The minimum absolute atomic E-state index is 0.502. The number of aliphatic hydroxyl groups is 1. The Morgan fingerprint density at radius 1 is 0.926 bits per heavy atom. The lowest BCUT2D eigenvalue weighted by atomic mass is 9.49. The molecule has 1 heteroatoms. The Morgan fingerprint density at radius 3 is 2.48 bits per heavy atom. The van der Waals surface area contributed by atoms with Gasteiger partial charge in [0.05, 0.1) is 5.60 Å². The number of rotatable bonds is 1. The maximum absolute atomic E-state index is 11.4. The molecule has 0 amide bonds. The van der Waals surface area contributed by atoms with E-state index in [0.717, 1.165) is 48.0 Å². The van der Waals surface area contributed by atoms with Crippen LogP contribution in [0.4, 0.5) is 0 Å². The summed E-state index contributed by atoms with van der Waals surface area (Å²) in [5.74, 6) is 4.41. The summed E-state index contributed by atoms with van der Waals surface area (Å²) < 4.78 is 0. The van der Waals surface area contributed by atoms with Gasteiger partial charge in [-0.2, -0.15) is 0 Å². The summed E-state index contributed by atoms with van der Waals surface area (Å²) in [6, 6.07) is 10.5. The zero-order valence-corrected chi connectivity index (χ0v) is 17.2. The first-order valence-electron chi connectivity index (χ1n) is 11.5. The highest BCUT2D eigenvalue weighted by Gasteiger charge is 2.56. The fourth-order valence-corrected chi connectivity index (χ4v) is 8.21. The van der Waals surface area contributed by atoms with E-state index in [1.165, 1.54) is 44.9 Å². The minimum Gasteiger partial charge on any atom is -0.385 e. The molecule has 7 atom stereocenters. The average Bonchev–Trinajstić information content (AvgIpc) is 3.04. The van der Waals surface area contributed by atoms with Crippen molar-refractivity contribution in [3.63, 3.8) is 0 Å². The van der Waals surface area contributed by atoms with Gasteiger partial charge in [-0.3, -0.25) is 0 Å². The Balaban J connectivity index is 1.36. The van der Waals surface area contributed by atoms with Crippen molar-refractivity contribution >= 4 is 0 Å². The molecule has 1 N–H and O–H groups in total. The van der Waals surface area contributed by atoms with E-state index in [1.807, 2.05) is 0 Å². The SMILES string of the molecule is CC=C1CC[C@H]2[C@@H]3CC[C@H]4C[C@](O)(c5ccccc5)CC[C@@H]4[C@H]3CC[C@]12C. The molecule has 0 aromatic heterocycles. The van der Waals surface area contributed by atoms with E-state index >= 15 is 0 Å². The van der Waals surface area contributed by atoms with Gasteiger partial charge in [-0.25, -0.2) is 0 Å². The van der Waals surface area contributed by atoms with Gasteiger partial charge < -0.3 is 5.11 Å². The summed E-state index contributed by atoms with van der Waals surface area (Å²) in [6.45, 7) is 4.84. The Hall–Kier alpha value is -1.08. The van der Waals surface area contributed by atoms with Crippen LogP contribution in [-0.2, 0) is 5.60 Å².